The first-order valence-corrected chi connectivity index (χ1v) is 11.0. The average Bonchev–Trinajstić information content (AvgIpc) is 2.88. The Morgan fingerprint density at radius 3 is 2.19 bits per heavy atom. The molecule has 0 radical (unpaired) electrons. The van der Waals surface area contributed by atoms with Crippen LogP contribution in [0, 0.1) is 41.4 Å². The van der Waals surface area contributed by atoms with Crippen molar-refractivity contribution in [1.29, 1.82) is 0 Å². The Morgan fingerprint density at radius 2 is 1.65 bits per heavy atom. The van der Waals surface area contributed by atoms with Gasteiger partial charge in [0.05, 0.1) is 6.10 Å². The van der Waals surface area contributed by atoms with Crippen molar-refractivity contribution in [3.63, 3.8) is 0 Å². The van der Waals surface area contributed by atoms with Crippen molar-refractivity contribution in [1.82, 2.24) is 5.32 Å². The number of nitrogens with two attached hydrogens (primary N) is 1. The number of fused-ring (bicyclic) bond motifs is 1. The molecule has 2 aliphatic carbocycles. The van der Waals surface area contributed by atoms with Gasteiger partial charge in [0, 0.05) is 25.1 Å². The van der Waals surface area contributed by atoms with E-state index in [0.29, 0.717) is 59.6 Å². The third-order valence-electron chi connectivity index (χ3n) is 7.93. The number of nitrogens with one attached hydrogen (secondary N) is 1. The van der Waals surface area contributed by atoms with E-state index in [1.54, 1.807) is 0 Å². The van der Waals surface area contributed by atoms with Crippen LogP contribution in [0.5, 0.6) is 0 Å². The first kappa shape index (κ1) is 20.6. The molecule has 7 atom stereocenters. The molecule has 3 rings (SSSR count). The largest absolute Gasteiger partial charge is 0.381 e. The monoisotopic (exact) mass is 366 g/mol. The maximum atomic E-state index is 10.7. The van der Waals surface area contributed by atoms with Crippen molar-refractivity contribution in [2.75, 3.05) is 7.11 Å². The molecule has 4 heteroatoms. The van der Waals surface area contributed by atoms with Gasteiger partial charge in [-0.1, -0.05) is 27.7 Å². The van der Waals surface area contributed by atoms with E-state index in [0.717, 1.165) is 19.3 Å². The lowest BCUT2D eigenvalue weighted by Gasteiger charge is -2.46. The number of aliphatic hydroxyl groups is 1. The topological polar surface area (TPSA) is 67.5 Å². The van der Waals surface area contributed by atoms with Gasteiger partial charge in [0.15, 0.2) is 0 Å². The van der Waals surface area contributed by atoms with Crippen LogP contribution in [0.2, 0.25) is 0 Å². The van der Waals surface area contributed by atoms with Crippen molar-refractivity contribution in [3.8, 4) is 0 Å². The van der Waals surface area contributed by atoms with Crippen LogP contribution < -0.4 is 11.1 Å². The molecule has 1 saturated heterocycles. The molecule has 1 heterocycles. The summed E-state index contributed by atoms with van der Waals surface area (Å²) < 4.78 is 6.00. The van der Waals surface area contributed by atoms with Crippen LogP contribution >= 0.6 is 0 Å². The quantitative estimate of drug-likeness (QED) is 0.698. The molecule has 0 bridgehead atoms. The molecule has 4 N–H and O–H groups in total. The Kier molecular flexibility index (Phi) is 6.70. The van der Waals surface area contributed by atoms with Crippen LogP contribution in [0.1, 0.15) is 66.2 Å². The number of rotatable bonds is 5. The summed E-state index contributed by atoms with van der Waals surface area (Å²) in [6.45, 7) is 9.39. The van der Waals surface area contributed by atoms with Crippen molar-refractivity contribution in [2.45, 2.75) is 90.6 Å². The molecular weight excluding hydrogens is 324 g/mol. The van der Waals surface area contributed by atoms with Gasteiger partial charge in [-0.3, -0.25) is 5.32 Å². The van der Waals surface area contributed by atoms with Crippen LogP contribution in [0.15, 0.2) is 0 Å². The predicted molar refractivity (Wildman–Crippen MR) is 107 cm³/mol. The van der Waals surface area contributed by atoms with Gasteiger partial charge in [-0.25, -0.2) is 0 Å². The summed E-state index contributed by atoms with van der Waals surface area (Å²) in [5.41, 5.74) is 6.16. The van der Waals surface area contributed by atoms with Crippen molar-refractivity contribution in [2.24, 2.45) is 47.2 Å². The summed E-state index contributed by atoms with van der Waals surface area (Å²) in [6.07, 6.45) is 7.02. The SMILES string of the molecule is COC1C(C(C)C)CC(CC2C3CCC(N)CC3N[C@@H]2O)CC1C(C)C. The number of hydrogen-bond acceptors (Lipinski definition) is 4. The Labute approximate surface area is 160 Å². The highest BCUT2D eigenvalue weighted by atomic mass is 16.5. The van der Waals surface area contributed by atoms with Gasteiger partial charge in [-0.2, -0.15) is 0 Å². The molecule has 0 aromatic heterocycles. The van der Waals surface area contributed by atoms with Gasteiger partial charge in [0.25, 0.3) is 0 Å². The van der Waals surface area contributed by atoms with E-state index < -0.39 is 0 Å². The van der Waals surface area contributed by atoms with E-state index in [4.69, 9.17) is 10.5 Å². The molecule has 3 fully saturated rings. The lowest BCUT2D eigenvalue weighted by atomic mass is 9.63. The first-order valence-electron chi connectivity index (χ1n) is 11.0. The highest BCUT2D eigenvalue weighted by Gasteiger charge is 2.47. The molecule has 0 aromatic carbocycles. The Morgan fingerprint density at radius 1 is 1.04 bits per heavy atom. The highest BCUT2D eigenvalue weighted by molar-refractivity contribution is 5.00. The summed E-state index contributed by atoms with van der Waals surface area (Å²) in [4.78, 5) is 0. The van der Waals surface area contributed by atoms with E-state index in [1.807, 2.05) is 7.11 Å². The second-order valence-corrected chi connectivity index (χ2v) is 10.2. The van der Waals surface area contributed by atoms with E-state index in [9.17, 15) is 5.11 Å². The maximum absolute atomic E-state index is 10.7. The smallest absolute Gasteiger partial charge is 0.108 e. The minimum Gasteiger partial charge on any atom is -0.381 e. The minimum atomic E-state index is -0.342. The fourth-order valence-electron chi connectivity index (χ4n) is 6.49. The van der Waals surface area contributed by atoms with Gasteiger partial charge in [0.2, 0.25) is 0 Å². The van der Waals surface area contributed by atoms with Gasteiger partial charge in [-0.15, -0.1) is 0 Å². The molecule has 6 unspecified atom stereocenters. The molecule has 4 nitrogen and oxygen atoms in total. The van der Waals surface area contributed by atoms with Crippen LogP contribution in [-0.4, -0.2) is 36.6 Å². The van der Waals surface area contributed by atoms with Crippen LogP contribution in [0.25, 0.3) is 0 Å². The molecule has 1 aliphatic heterocycles. The standard InChI is InChI=1S/C22H42N2O2/c1-12(2)17-8-14(9-18(13(3)4)21(17)26-5)10-19-16-7-6-15(23)11-20(16)24-22(19)25/h12-22,24-25H,6-11,23H2,1-5H3/t14?,15?,16?,17?,18?,19?,20?,21?,22-/m1/s1. The summed E-state index contributed by atoms with van der Waals surface area (Å²) in [5.74, 6) is 4.28. The first-order chi connectivity index (χ1) is 12.3. The number of ether oxygens (including phenoxy) is 1. The zero-order valence-corrected chi connectivity index (χ0v) is 17.5. The summed E-state index contributed by atoms with van der Waals surface area (Å²) in [5, 5.41) is 14.2. The number of hydrogen-bond donors (Lipinski definition) is 3. The third kappa shape index (κ3) is 4.14. The molecule has 152 valence electrons. The predicted octanol–water partition coefficient (Wildman–Crippen LogP) is 3.38. The van der Waals surface area contributed by atoms with Gasteiger partial charge >= 0.3 is 0 Å². The number of aliphatic hydroxyl groups excluding tert-OH is 1. The Hall–Kier alpha value is -0.160. The molecular formula is C22H42N2O2. The number of methoxy groups -OCH3 is 1. The third-order valence-corrected chi connectivity index (χ3v) is 7.93. The van der Waals surface area contributed by atoms with E-state index in [1.165, 1.54) is 19.3 Å². The van der Waals surface area contributed by atoms with Crippen LogP contribution in [0.4, 0.5) is 0 Å². The average molecular weight is 367 g/mol. The fraction of sp³-hybridized carbons (Fsp3) is 1.00. The highest BCUT2D eigenvalue weighted by Crippen LogP contribution is 2.47. The second kappa shape index (κ2) is 8.46. The molecule has 26 heavy (non-hydrogen) atoms. The summed E-state index contributed by atoms with van der Waals surface area (Å²) >= 11 is 0. The fourth-order valence-corrected chi connectivity index (χ4v) is 6.49. The van der Waals surface area contributed by atoms with Crippen LogP contribution in [-0.2, 0) is 4.74 Å². The zero-order chi connectivity index (χ0) is 19.0. The van der Waals surface area contributed by atoms with Crippen LogP contribution in [0.3, 0.4) is 0 Å². The van der Waals surface area contributed by atoms with Crippen molar-refractivity contribution < 1.29 is 9.84 Å². The van der Waals surface area contributed by atoms with Gasteiger partial charge in [0.1, 0.15) is 6.23 Å². The lowest BCUT2D eigenvalue weighted by molar-refractivity contribution is -0.0725. The van der Waals surface area contributed by atoms with Gasteiger partial charge in [-0.05, 0) is 74.0 Å². The molecule has 2 saturated carbocycles. The zero-order valence-electron chi connectivity index (χ0n) is 17.5. The summed E-state index contributed by atoms with van der Waals surface area (Å²) in [7, 11) is 1.90. The van der Waals surface area contributed by atoms with Crippen molar-refractivity contribution in [3.05, 3.63) is 0 Å². The maximum Gasteiger partial charge on any atom is 0.108 e. The molecule has 0 spiro atoms. The van der Waals surface area contributed by atoms with E-state index in [2.05, 4.69) is 33.0 Å². The van der Waals surface area contributed by atoms with Crippen molar-refractivity contribution >= 4 is 0 Å². The lowest BCUT2D eigenvalue weighted by Crippen LogP contribution is -2.44. The Bertz CT molecular complexity index is 437. The van der Waals surface area contributed by atoms with Gasteiger partial charge < -0.3 is 15.6 Å². The second-order valence-electron chi connectivity index (χ2n) is 10.2. The molecule has 0 aromatic rings. The molecule has 0 amide bonds. The minimum absolute atomic E-state index is 0.308. The van der Waals surface area contributed by atoms with E-state index in [-0.39, 0.29) is 6.23 Å². The Balaban J connectivity index is 1.70. The summed E-state index contributed by atoms with van der Waals surface area (Å²) in [6, 6.07) is 0.735. The molecule has 3 aliphatic rings. The normalized spacial score (nSPS) is 46.7. The van der Waals surface area contributed by atoms with E-state index >= 15 is 0 Å².